The zero-order valence-corrected chi connectivity index (χ0v) is 19.8. The van der Waals surface area contributed by atoms with E-state index in [1.807, 2.05) is 29.6 Å². The third kappa shape index (κ3) is 4.67. The minimum atomic E-state index is -0.107. The maximum absolute atomic E-state index is 12.5. The number of carbonyl (C=O) groups excluding carboxylic acids is 1. The van der Waals surface area contributed by atoms with Gasteiger partial charge in [0, 0.05) is 26.8 Å². The fraction of sp³-hybridized carbons (Fsp3) is 0.238. The van der Waals surface area contributed by atoms with Gasteiger partial charge in [0.05, 0.1) is 16.8 Å². The van der Waals surface area contributed by atoms with Gasteiger partial charge >= 0.3 is 0 Å². The summed E-state index contributed by atoms with van der Waals surface area (Å²) in [7, 11) is 0. The molecule has 0 aliphatic carbocycles. The zero-order valence-electron chi connectivity index (χ0n) is 16.6. The highest BCUT2D eigenvalue weighted by Crippen LogP contribution is 2.38. The van der Waals surface area contributed by atoms with Crippen LogP contribution in [0.4, 0.5) is 5.13 Å². The van der Waals surface area contributed by atoms with E-state index in [1.54, 1.807) is 17.7 Å². The van der Waals surface area contributed by atoms with Crippen LogP contribution in [-0.4, -0.2) is 26.6 Å². The van der Waals surface area contributed by atoms with Crippen molar-refractivity contribution >= 4 is 67.3 Å². The molecule has 0 saturated heterocycles. The number of hydrogen-bond acceptors (Lipinski definition) is 7. The summed E-state index contributed by atoms with van der Waals surface area (Å²) in [5, 5.41) is 10.0. The largest absolute Gasteiger partial charge is 0.301 e. The van der Waals surface area contributed by atoms with Crippen LogP contribution in [0.15, 0.2) is 46.4 Å². The molecule has 3 aromatic heterocycles. The second-order valence-electron chi connectivity index (χ2n) is 7.64. The minimum Gasteiger partial charge on any atom is -0.301 e. The van der Waals surface area contributed by atoms with Gasteiger partial charge < -0.3 is 5.32 Å². The summed E-state index contributed by atoms with van der Waals surface area (Å²) in [5.74, 6) is 0.136. The lowest BCUT2D eigenvalue weighted by molar-refractivity contribution is -0.113. The molecule has 0 unspecified atom stereocenters. The maximum Gasteiger partial charge on any atom is 0.236 e. The van der Waals surface area contributed by atoms with E-state index in [-0.39, 0.29) is 17.1 Å². The number of nitrogens with one attached hydrogen (secondary N) is 1. The van der Waals surface area contributed by atoms with E-state index in [2.05, 4.69) is 46.4 Å². The predicted octanol–water partition coefficient (Wildman–Crippen LogP) is 6.50. The molecule has 0 fully saturated rings. The number of thiazole rings is 1. The van der Waals surface area contributed by atoms with Crippen molar-refractivity contribution in [1.29, 1.82) is 0 Å². The molecule has 1 N–H and O–H groups in total. The summed E-state index contributed by atoms with van der Waals surface area (Å²) in [4.78, 5) is 26.7. The molecule has 0 atom stereocenters. The summed E-state index contributed by atoms with van der Waals surface area (Å²) in [6, 6.07) is 7.69. The zero-order chi connectivity index (χ0) is 21.3. The first-order valence-electron chi connectivity index (χ1n) is 9.18. The quantitative estimate of drug-likeness (QED) is 0.264. The van der Waals surface area contributed by atoms with Crippen molar-refractivity contribution in [3.05, 3.63) is 52.1 Å². The van der Waals surface area contributed by atoms with Crippen LogP contribution in [0.3, 0.4) is 0 Å². The van der Waals surface area contributed by atoms with E-state index < -0.39 is 0 Å². The molecule has 3 heterocycles. The van der Waals surface area contributed by atoms with Crippen LogP contribution >= 0.6 is 46.0 Å². The lowest BCUT2D eigenvalue weighted by Gasteiger charge is -2.14. The number of thioether (sulfide) groups is 1. The van der Waals surface area contributed by atoms with E-state index in [0.29, 0.717) is 10.2 Å². The average Bonchev–Trinajstić information content (AvgIpc) is 3.34. The molecule has 0 saturated carbocycles. The second-order valence-corrected chi connectivity index (χ2v) is 10.8. The number of thiophene rings is 1. The van der Waals surface area contributed by atoms with Gasteiger partial charge in [-0.3, -0.25) is 4.79 Å². The van der Waals surface area contributed by atoms with Crippen molar-refractivity contribution in [2.75, 3.05) is 11.1 Å². The Morgan fingerprint density at radius 1 is 1.13 bits per heavy atom. The van der Waals surface area contributed by atoms with Crippen LogP contribution in [0.25, 0.3) is 21.3 Å². The highest BCUT2D eigenvalue weighted by molar-refractivity contribution is 8.00. The summed E-state index contributed by atoms with van der Waals surface area (Å²) >= 11 is 10.4. The molecule has 0 radical (unpaired) electrons. The molecule has 0 aliphatic rings. The van der Waals surface area contributed by atoms with Gasteiger partial charge in [0.15, 0.2) is 5.13 Å². The number of rotatable bonds is 5. The Hall–Kier alpha value is -2.00. The highest BCUT2D eigenvalue weighted by Gasteiger charge is 2.19. The maximum atomic E-state index is 12.5. The molecule has 4 aromatic rings. The van der Waals surface area contributed by atoms with Crippen molar-refractivity contribution in [2.24, 2.45) is 0 Å². The molecule has 5 nitrogen and oxygen atoms in total. The van der Waals surface area contributed by atoms with Crippen molar-refractivity contribution < 1.29 is 4.79 Å². The molecule has 154 valence electrons. The Labute approximate surface area is 191 Å². The fourth-order valence-corrected chi connectivity index (χ4v) is 5.64. The van der Waals surface area contributed by atoms with E-state index in [1.165, 1.54) is 23.1 Å². The third-order valence-corrected chi connectivity index (χ3v) is 7.24. The Morgan fingerprint density at radius 2 is 1.90 bits per heavy atom. The van der Waals surface area contributed by atoms with Gasteiger partial charge in [0.2, 0.25) is 5.91 Å². The van der Waals surface area contributed by atoms with Crippen LogP contribution in [0.1, 0.15) is 26.5 Å². The summed E-state index contributed by atoms with van der Waals surface area (Å²) in [6.45, 7) is 6.30. The highest BCUT2D eigenvalue weighted by atomic mass is 35.5. The first kappa shape index (κ1) is 21.2. The first-order chi connectivity index (χ1) is 14.3. The first-order valence-corrected chi connectivity index (χ1v) is 12.3. The number of fused-ring (bicyclic) bond motifs is 1. The molecule has 9 heteroatoms. The molecule has 30 heavy (non-hydrogen) atoms. The molecule has 0 bridgehead atoms. The molecule has 0 aliphatic heterocycles. The number of aromatic nitrogens is 3. The minimum absolute atomic E-state index is 0.0438. The average molecular weight is 475 g/mol. The van der Waals surface area contributed by atoms with Gasteiger partial charge in [-0.2, -0.15) is 0 Å². The Morgan fingerprint density at radius 3 is 2.60 bits per heavy atom. The summed E-state index contributed by atoms with van der Waals surface area (Å²) in [5.41, 5.74) is 3.02. The van der Waals surface area contributed by atoms with Gasteiger partial charge in [-0.05, 0) is 17.7 Å². The molecule has 4 rings (SSSR count). The number of carbonyl (C=O) groups is 1. The molecule has 0 spiro atoms. The van der Waals surface area contributed by atoms with Crippen molar-refractivity contribution in [3.63, 3.8) is 0 Å². The Bertz CT molecular complexity index is 1200. The topological polar surface area (TPSA) is 67.8 Å². The number of amides is 1. The van der Waals surface area contributed by atoms with Crippen molar-refractivity contribution in [3.8, 4) is 11.1 Å². The van der Waals surface area contributed by atoms with E-state index in [0.717, 1.165) is 32.1 Å². The van der Waals surface area contributed by atoms with E-state index in [9.17, 15) is 4.79 Å². The molecular weight excluding hydrogens is 456 g/mol. The van der Waals surface area contributed by atoms with Gasteiger partial charge in [-0.25, -0.2) is 15.0 Å². The number of benzene rings is 1. The number of halogens is 1. The Balaban J connectivity index is 1.51. The van der Waals surface area contributed by atoms with Crippen molar-refractivity contribution in [2.45, 2.75) is 31.2 Å². The molecule has 1 amide bonds. The normalized spacial score (nSPS) is 11.7. The van der Waals surface area contributed by atoms with Crippen LogP contribution in [0.5, 0.6) is 0 Å². The molecule has 1 aromatic carbocycles. The smallest absolute Gasteiger partial charge is 0.236 e. The van der Waals surface area contributed by atoms with Crippen molar-refractivity contribution in [1.82, 2.24) is 15.0 Å². The Kier molecular flexibility index (Phi) is 6.11. The van der Waals surface area contributed by atoms with Gasteiger partial charge in [0.1, 0.15) is 16.2 Å². The lowest BCUT2D eigenvalue weighted by atomic mass is 9.93. The summed E-state index contributed by atoms with van der Waals surface area (Å²) < 4.78 is 0. The lowest BCUT2D eigenvalue weighted by Crippen LogP contribution is -2.15. The monoisotopic (exact) mass is 474 g/mol. The van der Waals surface area contributed by atoms with Crippen LogP contribution in [0, 0.1) is 0 Å². The van der Waals surface area contributed by atoms with Gasteiger partial charge in [-0.1, -0.05) is 56.3 Å². The van der Waals surface area contributed by atoms with Gasteiger partial charge in [0.25, 0.3) is 0 Å². The number of hydrogen-bond donors (Lipinski definition) is 1. The van der Waals surface area contributed by atoms with E-state index >= 15 is 0 Å². The second kappa shape index (κ2) is 8.63. The fourth-order valence-electron chi connectivity index (χ4n) is 2.76. The third-order valence-electron chi connectivity index (χ3n) is 4.35. The van der Waals surface area contributed by atoms with Crippen LogP contribution in [-0.2, 0) is 10.2 Å². The van der Waals surface area contributed by atoms with Gasteiger partial charge in [-0.15, -0.1) is 22.7 Å². The number of anilines is 1. The number of nitrogens with zero attached hydrogens (tertiary/aromatic N) is 3. The van der Waals surface area contributed by atoms with Crippen LogP contribution < -0.4 is 5.32 Å². The van der Waals surface area contributed by atoms with Crippen LogP contribution in [0.2, 0.25) is 5.02 Å². The molecular formula is C21H19ClN4OS3. The predicted molar refractivity (Wildman–Crippen MR) is 128 cm³/mol. The SMILES string of the molecule is CC(C)(C)c1csc(NC(=O)CSc2ncnc3scc(-c4ccc(Cl)cc4)c23)n1. The standard InChI is InChI=1S/C21H19ClN4OS3/c1-21(2,3)15-9-30-20(25-15)26-16(27)10-29-19-17-14(8-28-18(17)23-11-24-19)12-4-6-13(22)7-5-12/h4-9,11H,10H2,1-3H3,(H,25,26,27). The summed E-state index contributed by atoms with van der Waals surface area (Å²) in [6.07, 6.45) is 1.54. The van der Waals surface area contributed by atoms with E-state index in [4.69, 9.17) is 11.6 Å².